The van der Waals surface area contributed by atoms with E-state index in [4.69, 9.17) is 5.11 Å². The highest BCUT2D eigenvalue weighted by atomic mass is 16.3. The molecule has 0 bridgehead atoms. The minimum absolute atomic E-state index is 0.0249. The maximum Gasteiger partial charge on any atom is 0.108 e. The standard InChI is InChI=1S/C15H28N3O/c1-3-4-5-6-7-9-14(2)10-8-11-18-12-15(13-19)16-17-18/h12,19H,3-11,13H2,1-2H3. The van der Waals surface area contributed by atoms with Crippen molar-refractivity contribution in [2.24, 2.45) is 0 Å². The Morgan fingerprint density at radius 3 is 2.58 bits per heavy atom. The van der Waals surface area contributed by atoms with Gasteiger partial charge in [-0.3, -0.25) is 4.68 Å². The third-order valence-electron chi connectivity index (χ3n) is 3.45. The minimum atomic E-state index is -0.0249. The lowest BCUT2D eigenvalue weighted by Crippen LogP contribution is -2.01. The lowest BCUT2D eigenvalue weighted by molar-refractivity contribution is 0.276. The molecule has 0 amide bonds. The van der Waals surface area contributed by atoms with Gasteiger partial charge in [0.2, 0.25) is 0 Å². The Kier molecular flexibility index (Phi) is 8.47. The number of nitrogens with zero attached hydrogens (tertiary/aromatic N) is 3. The smallest absolute Gasteiger partial charge is 0.108 e. The van der Waals surface area contributed by atoms with Crippen molar-refractivity contribution < 1.29 is 5.11 Å². The van der Waals surface area contributed by atoms with E-state index in [-0.39, 0.29) is 6.61 Å². The predicted octanol–water partition coefficient (Wildman–Crippen LogP) is 3.51. The molecule has 109 valence electrons. The van der Waals surface area contributed by atoms with E-state index in [1.807, 2.05) is 10.9 Å². The van der Waals surface area contributed by atoms with Gasteiger partial charge in [-0.2, -0.15) is 0 Å². The molecule has 0 unspecified atom stereocenters. The highest BCUT2D eigenvalue weighted by Crippen LogP contribution is 2.18. The number of aryl methyl sites for hydroxylation is 1. The van der Waals surface area contributed by atoms with Crippen molar-refractivity contribution in [2.75, 3.05) is 0 Å². The van der Waals surface area contributed by atoms with Crippen molar-refractivity contribution in [3.8, 4) is 0 Å². The Hall–Kier alpha value is -0.900. The van der Waals surface area contributed by atoms with Crippen LogP contribution in [0, 0.1) is 5.92 Å². The fraction of sp³-hybridized carbons (Fsp3) is 0.800. The Balaban J connectivity index is 2.01. The Morgan fingerprint density at radius 1 is 1.16 bits per heavy atom. The number of hydrogen-bond donors (Lipinski definition) is 1. The number of unbranched alkanes of at least 4 members (excludes halogenated alkanes) is 4. The normalized spacial score (nSPS) is 11.4. The minimum Gasteiger partial charge on any atom is -0.390 e. The summed E-state index contributed by atoms with van der Waals surface area (Å²) in [4.78, 5) is 0. The highest BCUT2D eigenvalue weighted by molar-refractivity contribution is 4.89. The first-order chi connectivity index (χ1) is 9.26. The van der Waals surface area contributed by atoms with E-state index >= 15 is 0 Å². The molecule has 0 aliphatic carbocycles. The molecule has 0 aliphatic rings. The van der Waals surface area contributed by atoms with Crippen LogP contribution in [0.1, 0.15) is 70.9 Å². The van der Waals surface area contributed by atoms with Crippen LogP contribution in [-0.4, -0.2) is 20.1 Å². The van der Waals surface area contributed by atoms with Crippen molar-refractivity contribution in [1.82, 2.24) is 15.0 Å². The van der Waals surface area contributed by atoms with Crippen LogP contribution in [0.15, 0.2) is 6.20 Å². The van der Waals surface area contributed by atoms with Crippen LogP contribution in [0.2, 0.25) is 0 Å². The third kappa shape index (κ3) is 7.31. The van der Waals surface area contributed by atoms with Crippen LogP contribution in [0.3, 0.4) is 0 Å². The summed E-state index contributed by atoms with van der Waals surface area (Å²) in [5, 5.41) is 16.7. The summed E-state index contributed by atoms with van der Waals surface area (Å²) in [6.07, 6.45) is 12.1. The maximum absolute atomic E-state index is 8.90. The summed E-state index contributed by atoms with van der Waals surface area (Å²) in [6, 6.07) is 0. The van der Waals surface area contributed by atoms with Crippen LogP contribution in [0.4, 0.5) is 0 Å². The van der Waals surface area contributed by atoms with Crippen LogP contribution in [0.5, 0.6) is 0 Å². The summed E-state index contributed by atoms with van der Waals surface area (Å²) in [5.74, 6) is 1.60. The first-order valence-electron chi connectivity index (χ1n) is 7.57. The van der Waals surface area contributed by atoms with Crippen LogP contribution >= 0.6 is 0 Å². The summed E-state index contributed by atoms with van der Waals surface area (Å²) in [6.45, 7) is 5.38. The molecule has 1 rings (SSSR count). The highest BCUT2D eigenvalue weighted by Gasteiger charge is 2.04. The summed E-state index contributed by atoms with van der Waals surface area (Å²) >= 11 is 0. The summed E-state index contributed by atoms with van der Waals surface area (Å²) in [5.41, 5.74) is 0.650. The van der Waals surface area contributed by atoms with Crippen molar-refractivity contribution in [1.29, 1.82) is 0 Å². The Labute approximate surface area is 117 Å². The fourth-order valence-corrected chi connectivity index (χ4v) is 2.22. The van der Waals surface area contributed by atoms with E-state index in [2.05, 4.69) is 24.2 Å². The predicted molar refractivity (Wildman–Crippen MR) is 77.5 cm³/mol. The fourth-order valence-electron chi connectivity index (χ4n) is 2.22. The van der Waals surface area contributed by atoms with Gasteiger partial charge in [0.25, 0.3) is 0 Å². The zero-order valence-electron chi connectivity index (χ0n) is 12.4. The van der Waals surface area contributed by atoms with Gasteiger partial charge in [-0.15, -0.1) is 5.10 Å². The zero-order chi connectivity index (χ0) is 13.9. The van der Waals surface area contributed by atoms with Crippen molar-refractivity contribution in [3.05, 3.63) is 17.8 Å². The number of rotatable bonds is 11. The largest absolute Gasteiger partial charge is 0.390 e. The van der Waals surface area contributed by atoms with Gasteiger partial charge in [0.05, 0.1) is 12.8 Å². The van der Waals surface area contributed by atoms with Crippen molar-refractivity contribution in [2.45, 2.75) is 78.4 Å². The van der Waals surface area contributed by atoms with E-state index in [0.29, 0.717) is 5.69 Å². The lowest BCUT2D eigenvalue weighted by Gasteiger charge is -2.10. The van der Waals surface area contributed by atoms with E-state index in [1.54, 1.807) is 5.92 Å². The average molecular weight is 266 g/mol. The molecule has 19 heavy (non-hydrogen) atoms. The van der Waals surface area contributed by atoms with Crippen LogP contribution in [0.25, 0.3) is 0 Å². The molecule has 1 aromatic rings. The molecule has 0 saturated carbocycles. The molecule has 1 radical (unpaired) electrons. The summed E-state index contributed by atoms with van der Waals surface area (Å²) in [7, 11) is 0. The van der Waals surface area contributed by atoms with Gasteiger partial charge in [-0.25, -0.2) is 0 Å². The molecular formula is C15H28N3O. The third-order valence-corrected chi connectivity index (χ3v) is 3.45. The van der Waals surface area contributed by atoms with Gasteiger partial charge < -0.3 is 5.11 Å². The van der Waals surface area contributed by atoms with Gasteiger partial charge in [-0.1, -0.05) is 51.2 Å². The molecule has 1 N–H and O–H groups in total. The van der Waals surface area contributed by atoms with Gasteiger partial charge in [-0.05, 0) is 25.2 Å². The monoisotopic (exact) mass is 266 g/mol. The molecule has 0 saturated heterocycles. The molecule has 0 aromatic carbocycles. The van der Waals surface area contributed by atoms with E-state index in [1.165, 1.54) is 44.9 Å². The number of aliphatic hydroxyl groups excluding tert-OH is 1. The van der Waals surface area contributed by atoms with Gasteiger partial charge in [0, 0.05) is 6.54 Å². The molecule has 1 aromatic heterocycles. The van der Waals surface area contributed by atoms with Crippen LogP contribution < -0.4 is 0 Å². The van der Waals surface area contributed by atoms with Crippen molar-refractivity contribution in [3.63, 3.8) is 0 Å². The SMILES string of the molecule is CCCCCCC[C](C)CCCn1cc(CO)nn1. The lowest BCUT2D eigenvalue weighted by atomic mass is 9.98. The Morgan fingerprint density at radius 2 is 1.89 bits per heavy atom. The number of aliphatic hydroxyl groups is 1. The molecule has 0 atom stereocenters. The molecule has 1 heterocycles. The van der Waals surface area contributed by atoms with Gasteiger partial charge in [0.15, 0.2) is 0 Å². The quantitative estimate of drug-likeness (QED) is 0.624. The molecular weight excluding hydrogens is 238 g/mol. The molecule has 4 nitrogen and oxygen atoms in total. The van der Waals surface area contributed by atoms with E-state index in [9.17, 15) is 0 Å². The molecule has 0 aliphatic heterocycles. The van der Waals surface area contributed by atoms with E-state index in [0.717, 1.165) is 13.0 Å². The second-order valence-electron chi connectivity index (χ2n) is 5.36. The first kappa shape index (κ1) is 16.2. The topological polar surface area (TPSA) is 50.9 Å². The maximum atomic E-state index is 8.90. The second kappa shape index (κ2) is 9.96. The van der Waals surface area contributed by atoms with E-state index < -0.39 is 0 Å². The Bertz CT molecular complexity index is 325. The van der Waals surface area contributed by atoms with Gasteiger partial charge in [0.1, 0.15) is 5.69 Å². The summed E-state index contributed by atoms with van der Waals surface area (Å²) < 4.78 is 1.82. The second-order valence-corrected chi connectivity index (χ2v) is 5.36. The number of aromatic nitrogens is 3. The molecule has 0 spiro atoms. The van der Waals surface area contributed by atoms with Gasteiger partial charge >= 0.3 is 0 Å². The average Bonchev–Trinajstić information content (AvgIpc) is 2.86. The zero-order valence-corrected chi connectivity index (χ0v) is 12.4. The first-order valence-corrected chi connectivity index (χ1v) is 7.57. The molecule has 0 fully saturated rings. The molecule has 4 heteroatoms. The van der Waals surface area contributed by atoms with Crippen molar-refractivity contribution >= 4 is 0 Å². The number of hydrogen-bond acceptors (Lipinski definition) is 3. The van der Waals surface area contributed by atoms with Crippen LogP contribution in [-0.2, 0) is 13.2 Å².